The van der Waals surface area contributed by atoms with Crippen LogP contribution in [0, 0.1) is 3.57 Å². The van der Waals surface area contributed by atoms with Gasteiger partial charge in [-0.2, -0.15) is 0 Å². The summed E-state index contributed by atoms with van der Waals surface area (Å²) in [7, 11) is 0. The van der Waals surface area contributed by atoms with Gasteiger partial charge in [0.25, 0.3) is 0 Å². The van der Waals surface area contributed by atoms with E-state index < -0.39 is 0 Å². The van der Waals surface area contributed by atoms with Gasteiger partial charge in [0, 0.05) is 13.1 Å². The van der Waals surface area contributed by atoms with Crippen LogP contribution in [0.2, 0.25) is 0 Å². The number of halogens is 2. The van der Waals surface area contributed by atoms with Gasteiger partial charge in [-0.05, 0) is 51.7 Å². The molecular weight excluding hydrogens is 331 g/mol. The van der Waals surface area contributed by atoms with Crippen LogP contribution in [0.1, 0.15) is 10.4 Å². The Morgan fingerprint density at radius 3 is 2.79 bits per heavy atom. The van der Waals surface area contributed by atoms with E-state index in [2.05, 4.69) is 34.7 Å². The second-order valence-corrected chi connectivity index (χ2v) is 5.58. The fourth-order valence-electron chi connectivity index (χ4n) is 1.35. The molecule has 0 fully saturated rings. The second kappa shape index (κ2) is 4.35. The van der Waals surface area contributed by atoms with E-state index in [0.717, 1.165) is 9.13 Å². The SMILES string of the molecule is OCc1cc2cc(CCl)sc2cc1I. The second-order valence-electron chi connectivity index (χ2n) is 2.99. The van der Waals surface area contributed by atoms with Crippen molar-refractivity contribution in [3.8, 4) is 0 Å². The largest absolute Gasteiger partial charge is 0.392 e. The van der Waals surface area contributed by atoms with E-state index >= 15 is 0 Å². The number of hydrogen-bond acceptors (Lipinski definition) is 2. The molecule has 4 heteroatoms. The molecule has 74 valence electrons. The van der Waals surface area contributed by atoms with Gasteiger partial charge >= 0.3 is 0 Å². The molecule has 14 heavy (non-hydrogen) atoms. The van der Waals surface area contributed by atoms with Gasteiger partial charge in [0.05, 0.1) is 12.5 Å². The first kappa shape index (κ1) is 10.7. The Morgan fingerprint density at radius 1 is 1.36 bits per heavy atom. The minimum absolute atomic E-state index is 0.0975. The topological polar surface area (TPSA) is 20.2 Å². The quantitative estimate of drug-likeness (QED) is 0.653. The lowest BCUT2D eigenvalue weighted by molar-refractivity contribution is 0.281. The zero-order valence-electron chi connectivity index (χ0n) is 7.26. The molecule has 1 aromatic heterocycles. The number of benzene rings is 1. The fourth-order valence-corrected chi connectivity index (χ4v) is 3.38. The number of alkyl halides is 1. The molecule has 0 saturated heterocycles. The van der Waals surface area contributed by atoms with E-state index in [4.69, 9.17) is 16.7 Å². The van der Waals surface area contributed by atoms with Gasteiger partial charge in [-0.1, -0.05) is 0 Å². The summed E-state index contributed by atoms with van der Waals surface area (Å²) in [5.74, 6) is 0.560. The van der Waals surface area contributed by atoms with Crippen molar-refractivity contribution in [3.05, 3.63) is 32.2 Å². The Kier molecular flexibility index (Phi) is 3.31. The highest BCUT2D eigenvalue weighted by Gasteiger charge is 2.05. The lowest BCUT2D eigenvalue weighted by atomic mass is 10.2. The molecule has 0 bridgehead atoms. The average Bonchev–Trinajstić information content (AvgIpc) is 2.58. The molecule has 0 aliphatic heterocycles. The molecule has 0 spiro atoms. The molecule has 2 aromatic rings. The number of fused-ring (bicyclic) bond motifs is 1. The van der Waals surface area contributed by atoms with E-state index in [1.54, 1.807) is 11.3 Å². The molecule has 0 radical (unpaired) electrons. The van der Waals surface area contributed by atoms with E-state index in [1.165, 1.54) is 15.0 Å². The van der Waals surface area contributed by atoms with Crippen LogP contribution in [0.25, 0.3) is 10.1 Å². The summed E-state index contributed by atoms with van der Waals surface area (Å²) < 4.78 is 2.35. The van der Waals surface area contributed by atoms with Gasteiger partial charge in [-0.25, -0.2) is 0 Å². The number of aliphatic hydroxyl groups is 1. The van der Waals surface area contributed by atoms with E-state index in [9.17, 15) is 0 Å². The highest BCUT2D eigenvalue weighted by Crippen LogP contribution is 2.30. The first-order chi connectivity index (χ1) is 6.74. The average molecular weight is 339 g/mol. The summed E-state index contributed by atoms with van der Waals surface area (Å²) in [4.78, 5) is 1.17. The smallest absolute Gasteiger partial charge is 0.0692 e. The monoisotopic (exact) mass is 338 g/mol. The summed E-state index contributed by atoms with van der Waals surface area (Å²) >= 11 is 9.73. The maximum atomic E-state index is 9.11. The maximum absolute atomic E-state index is 9.11. The standard InChI is InChI=1S/C10H8ClIOS/c11-4-8-2-6-1-7(5-13)9(12)3-10(6)14-8/h1-3,13H,4-5H2. The highest BCUT2D eigenvalue weighted by molar-refractivity contribution is 14.1. The molecular formula is C10H8ClIOS. The summed E-state index contributed by atoms with van der Waals surface area (Å²) in [6.45, 7) is 0.0975. The Morgan fingerprint density at radius 2 is 2.14 bits per heavy atom. The molecule has 1 nitrogen and oxygen atoms in total. The maximum Gasteiger partial charge on any atom is 0.0692 e. The third kappa shape index (κ3) is 1.91. The molecule has 2 rings (SSSR count). The van der Waals surface area contributed by atoms with Crippen molar-refractivity contribution in [3.63, 3.8) is 0 Å². The zero-order valence-corrected chi connectivity index (χ0v) is 11.0. The van der Waals surface area contributed by atoms with Crippen LogP contribution in [0.3, 0.4) is 0 Å². The van der Waals surface area contributed by atoms with Gasteiger partial charge < -0.3 is 5.11 Å². The van der Waals surface area contributed by atoms with Gasteiger partial charge in [0.15, 0.2) is 0 Å². The Balaban J connectivity index is 2.64. The molecule has 1 aromatic carbocycles. The number of aliphatic hydroxyl groups excluding tert-OH is 1. The summed E-state index contributed by atoms with van der Waals surface area (Å²) in [6, 6.07) is 6.22. The van der Waals surface area contributed by atoms with Crippen molar-refractivity contribution in [2.45, 2.75) is 12.5 Å². The third-order valence-corrected chi connectivity index (χ3v) is 4.59. The van der Waals surface area contributed by atoms with Crippen molar-refractivity contribution in [2.24, 2.45) is 0 Å². The van der Waals surface area contributed by atoms with Crippen molar-refractivity contribution in [1.82, 2.24) is 0 Å². The molecule has 0 amide bonds. The Bertz CT molecular complexity index is 466. The molecule has 0 atom stereocenters. The van der Waals surface area contributed by atoms with Crippen molar-refractivity contribution < 1.29 is 5.11 Å². The molecule has 0 aliphatic carbocycles. The van der Waals surface area contributed by atoms with Gasteiger partial charge in [0.1, 0.15) is 0 Å². The third-order valence-electron chi connectivity index (χ3n) is 2.04. The number of rotatable bonds is 2. The fraction of sp³-hybridized carbons (Fsp3) is 0.200. The predicted molar refractivity (Wildman–Crippen MR) is 70.0 cm³/mol. The summed E-state index contributed by atoms with van der Waals surface area (Å²) in [5, 5.41) is 10.3. The molecule has 0 aliphatic rings. The van der Waals surface area contributed by atoms with Crippen LogP contribution < -0.4 is 0 Å². The van der Waals surface area contributed by atoms with Crippen LogP contribution in [-0.2, 0) is 12.5 Å². The van der Waals surface area contributed by atoms with Crippen molar-refractivity contribution in [1.29, 1.82) is 0 Å². The first-order valence-corrected chi connectivity index (χ1v) is 6.55. The van der Waals surface area contributed by atoms with E-state index in [1.807, 2.05) is 6.07 Å². The van der Waals surface area contributed by atoms with Gasteiger partial charge in [0.2, 0.25) is 0 Å². The lowest BCUT2D eigenvalue weighted by Gasteiger charge is -1.99. The zero-order chi connectivity index (χ0) is 10.1. The predicted octanol–water partition coefficient (Wildman–Crippen LogP) is 3.74. The molecule has 1 N–H and O–H groups in total. The van der Waals surface area contributed by atoms with Crippen LogP contribution in [0.5, 0.6) is 0 Å². The van der Waals surface area contributed by atoms with Crippen LogP contribution in [0.15, 0.2) is 18.2 Å². The van der Waals surface area contributed by atoms with E-state index in [0.29, 0.717) is 5.88 Å². The van der Waals surface area contributed by atoms with Gasteiger partial charge in [-0.3, -0.25) is 0 Å². The molecule has 1 heterocycles. The number of thiophene rings is 1. The minimum atomic E-state index is 0.0975. The van der Waals surface area contributed by atoms with Gasteiger partial charge in [-0.15, -0.1) is 22.9 Å². The van der Waals surface area contributed by atoms with Crippen molar-refractivity contribution in [2.75, 3.05) is 0 Å². The van der Waals surface area contributed by atoms with Crippen LogP contribution in [0.4, 0.5) is 0 Å². The van der Waals surface area contributed by atoms with Crippen LogP contribution in [-0.4, -0.2) is 5.11 Å². The summed E-state index contributed by atoms with van der Waals surface area (Å²) in [5.41, 5.74) is 0.983. The van der Waals surface area contributed by atoms with E-state index in [-0.39, 0.29) is 6.61 Å². The highest BCUT2D eigenvalue weighted by atomic mass is 127. The lowest BCUT2D eigenvalue weighted by Crippen LogP contribution is -1.86. The number of hydrogen-bond donors (Lipinski definition) is 1. The first-order valence-electron chi connectivity index (χ1n) is 4.12. The Hall–Kier alpha value is 0.160. The van der Waals surface area contributed by atoms with Crippen molar-refractivity contribution >= 4 is 55.6 Å². The normalized spacial score (nSPS) is 11.1. The van der Waals surface area contributed by atoms with Crippen LogP contribution >= 0.6 is 45.5 Å². The summed E-state index contributed by atoms with van der Waals surface area (Å²) in [6.07, 6.45) is 0. The Labute approximate surface area is 105 Å². The minimum Gasteiger partial charge on any atom is -0.392 e. The molecule has 0 unspecified atom stereocenters. The molecule has 0 saturated carbocycles.